The van der Waals surface area contributed by atoms with E-state index in [1.54, 1.807) is 23.7 Å². The Morgan fingerprint density at radius 1 is 1.19 bits per heavy atom. The van der Waals surface area contributed by atoms with Gasteiger partial charge in [-0.3, -0.25) is 14.9 Å². The van der Waals surface area contributed by atoms with Gasteiger partial charge in [0.2, 0.25) is 5.91 Å². The molecule has 0 aliphatic rings. The van der Waals surface area contributed by atoms with Crippen molar-refractivity contribution in [3.05, 3.63) is 70.6 Å². The van der Waals surface area contributed by atoms with Crippen molar-refractivity contribution in [3.63, 3.8) is 0 Å². The van der Waals surface area contributed by atoms with Gasteiger partial charge in [0.15, 0.2) is 5.13 Å². The molecule has 26 heavy (non-hydrogen) atoms. The maximum atomic E-state index is 13.6. The molecule has 2 N–H and O–H groups in total. The number of nitrogens with one attached hydrogen (secondary N) is 2. The topological polar surface area (TPSA) is 84.0 Å². The first-order chi connectivity index (χ1) is 12.5. The molecule has 2 amide bonds. The average molecular weight is 370 g/mol. The molecule has 3 aromatic rings. The number of amides is 2. The molecule has 0 aliphatic heterocycles. The van der Waals surface area contributed by atoms with E-state index in [4.69, 9.17) is 0 Å². The van der Waals surface area contributed by atoms with Gasteiger partial charge in [-0.25, -0.2) is 14.4 Å². The van der Waals surface area contributed by atoms with Crippen LogP contribution in [0.2, 0.25) is 0 Å². The Labute approximate surface area is 153 Å². The summed E-state index contributed by atoms with van der Waals surface area (Å²) in [5, 5.41) is 7.19. The lowest BCUT2D eigenvalue weighted by molar-refractivity contribution is -0.115. The molecule has 0 atom stereocenters. The molecule has 1 aromatic carbocycles. The molecule has 0 unspecified atom stereocenters. The number of hydrogen-bond donors (Lipinski definition) is 2. The van der Waals surface area contributed by atoms with Gasteiger partial charge in [-0.15, -0.1) is 11.3 Å². The van der Waals surface area contributed by atoms with Crippen LogP contribution in [0.4, 0.5) is 15.3 Å². The van der Waals surface area contributed by atoms with Gasteiger partial charge in [0.1, 0.15) is 11.6 Å². The smallest absolute Gasteiger partial charge is 0.260 e. The summed E-state index contributed by atoms with van der Waals surface area (Å²) in [6.45, 7) is 1.91. The summed E-state index contributed by atoms with van der Waals surface area (Å²) in [5.74, 6) is -0.983. The lowest BCUT2D eigenvalue weighted by Crippen LogP contribution is -2.16. The monoisotopic (exact) mass is 370 g/mol. The van der Waals surface area contributed by atoms with Gasteiger partial charge in [0.05, 0.1) is 17.7 Å². The molecule has 2 aromatic heterocycles. The minimum absolute atomic E-state index is 0.0433. The number of carbonyl (C=O) groups excluding carboxylic acids is 2. The highest BCUT2D eigenvalue weighted by atomic mass is 32.1. The van der Waals surface area contributed by atoms with Crippen LogP contribution < -0.4 is 10.6 Å². The normalized spacial score (nSPS) is 10.4. The third-order valence-corrected chi connectivity index (χ3v) is 4.22. The molecule has 3 rings (SSSR count). The van der Waals surface area contributed by atoms with Crippen LogP contribution >= 0.6 is 11.3 Å². The van der Waals surface area contributed by atoms with Crippen LogP contribution in [0.15, 0.2) is 48.0 Å². The van der Waals surface area contributed by atoms with Gasteiger partial charge in [0.25, 0.3) is 5.91 Å². The van der Waals surface area contributed by atoms with E-state index in [0.29, 0.717) is 16.6 Å². The van der Waals surface area contributed by atoms with E-state index in [2.05, 4.69) is 20.6 Å². The third-order valence-electron chi connectivity index (χ3n) is 3.42. The Morgan fingerprint density at radius 2 is 2.00 bits per heavy atom. The second-order valence-electron chi connectivity index (χ2n) is 5.52. The highest BCUT2D eigenvalue weighted by Gasteiger charge is 2.14. The number of rotatable bonds is 5. The van der Waals surface area contributed by atoms with Crippen LogP contribution in [-0.2, 0) is 11.2 Å². The summed E-state index contributed by atoms with van der Waals surface area (Å²) < 4.78 is 13.6. The SMILES string of the molecule is Cc1ccnc(NC(=O)Cc2csc(NC(=O)c3ccccc3F)n2)c1. The molecule has 0 saturated heterocycles. The standard InChI is InChI=1S/C18H15FN4O2S/c1-11-6-7-20-15(8-11)22-16(24)9-12-10-26-18(21-12)23-17(25)13-4-2-3-5-14(13)19/h2-8,10H,9H2,1H3,(H,20,22,24)(H,21,23,25). The van der Waals surface area contributed by atoms with Crippen LogP contribution in [0.25, 0.3) is 0 Å². The summed E-state index contributed by atoms with van der Waals surface area (Å²) in [4.78, 5) is 32.4. The van der Waals surface area contributed by atoms with Gasteiger partial charge in [-0.1, -0.05) is 12.1 Å². The first kappa shape index (κ1) is 17.7. The van der Waals surface area contributed by atoms with Crippen LogP contribution in [0.1, 0.15) is 21.6 Å². The predicted molar refractivity (Wildman–Crippen MR) is 97.8 cm³/mol. The lowest BCUT2D eigenvalue weighted by atomic mass is 10.2. The van der Waals surface area contributed by atoms with E-state index in [0.717, 1.165) is 5.56 Å². The fourth-order valence-electron chi connectivity index (χ4n) is 2.21. The Balaban J connectivity index is 1.60. The van der Waals surface area contributed by atoms with E-state index in [1.807, 2.05) is 13.0 Å². The van der Waals surface area contributed by atoms with Crippen LogP contribution in [0.5, 0.6) is 0 Å². The minimum atomic E-state index is -0.605. The number of halogens is 1. The molecule has 0 saturated carbocycles. The van der Waals surface area contributed by atoms with Crippen molar-refractivity contribution < 1.29 is 14.0 Å². The first-order valence-electron chi connectivity index (χ1n) is 7.74. The summed E-state index contributed by atoms with van der Waals surface area (Å²) in [7, 11) is 0. The molecular weight excluding hydrogens is 355 g/mol. The molecule has 8 heteroatoms. The zero-order chi connectivity index (χ0) is 18.5. The fraction of sp³-hybridized carbons (Fsp3) is 0.111. The van der Waals surface area contributed by atoms with E-state index in [9.17, 15) is 14.0 Å². The predicted octanol–water partition coefficient (Wildman–Crippen LogP) is 3.42. The molecular formula is C18H15FN4O2S. The van der Waals surface area contributed by atoms with Gasteiger partial charge >= 0.3 is 0 Å². The zero-order valence-corrected chi connectivity index (χ0v) is 14.6. The summed E-state index contributed by atoms with van der Waals surface area (Å²) in [5.41, 5.74) is 1.43. The van der Waals surface area contributed by atoms with Crippen molar-refractivity contribution in [2.45, 2.75) is 13.3 Å². The molecule has 0 aliphatic carbocycles. The third kappa shape index (κ3) is 4.48. The highest BCUT2D eigenvalue weighted by molar-refractivity contribution is 7.14. The number of pyridine rings is 1. The van der Waals surface area contributed by atoms with Crippen molar-refractivity contribution in [2.75, 3.05) is 10.6 Å². The van der Waals surface area contributed by atoms with Gasteiger partial charge in [0, 0.05) is 11.6 Å². The largest absolute Gasteiger partial charge is 0.310 e. The summed E-state index contributed by atoms with van der Waals surface area (Å²) in [6.07, 6.45) is 1.66. The van der Waals surface area contributed by atoms with E-state index in [1.165, 1.54) is 29.5 Å². The Hall–Kier alpha value is -3.13. The van der Waals surface area contributed by atoms with Crippen molar-refractivity contribution in [1.82, 2.24) is 9.97 Å². The van der Waals surface area contributed by atoms with Crippen molar-refractivity contribution in [2.24, 2.45) is 0 Å². The number of aromatic nitrogens is 2. The van der Waals surface area contributed by atoms with E-state index in [-0.39, 0.29) is 17.9 Å². The number of nitrogens with zero attached hydrogens (tertiary/aromatic N) is 2. The number of aryl methyl sites for hydroxylation is 1. The number of hydrogen-bond acceptors (Lipinski definition) is 5. The summed E-state index contributed by atoms with van der Waals surface area (Å²) >= 11 is 1.17. The maximum absolute atomic E-state index is 13.6. The van der Waals surface area contributed by atoms with Crippen LogP contribution in [0, 0.1) is 12.7 Å². The molecule has 0 bridgehead atoms. The average Bonchev–Trinajstić information content (AvgIpc) is 3.01. The van der Waals surface area contributed by atoms with Gasteiger partial charge < -0.3 is 5.32 Å². The second-order valence-corrected chi connectivity index (χ2v) is 6.38. The van der Waals surface area contributed by atoms with Crippen LogP contribution in [-0.4, -0.2) is 21.8 Å². The van der Waals surface area contributed by atoms with Gasteiger partial charge in [-0.2, -0.15) is 0 Å². The maximum Gasteiger partial charge on any atom is 0.260 e. The molecule has 132 valence electrons. The number of anilines is 2. The lowest BCUT2D eigenvalue weighted by Gasteiger charge is -2.04. The Kier molecular flexibility index (Phi) is 5.33. The number of carbonyl (C=O) groups is 2. The van der Waals surface area contributed by atoms with Crippen molar-refractivity contribution in [3.8, 4) is 0 Å². The molecule has 0 spiro atoms. The zero-order valence-electron chi connectivity index (χ0n) is 13.8. The summed E-state index contributed by atoms with van der Waals surface area (Å²) in [6, 6.07) is 9.29. The Morgan fingerprint density at radius 3 is 2.77 bits per heavy atom. The quantitative estimate of drug-likeness (QED) is 0.721. The first-order valence-corrected chi connectivity index (χ1v) is 8.62. The van der Waals surface area contributed by atoms with E-state index >= 15 is 0 Å². The molecule has 0 fully saturated rings. The van der Waals surface area contributed by atoms with E-state index < -0.39 is 11.7 Å². The minimum Gasteiger partial charge on any atom is -0.310 e. The Bertz CT molecular complexity index is 958. The molecule has 0 radical (unpaired) electrons. The fourth-order valence-corrected chi connectivity index (χ4v) is 2.92. The second kappa shape index (κ2) is 7.83. The molecule has 6 nitrogen and oxygen atoms in total. The van der Waals surface area contributed by atoms with Gasteiger partial charge in [-0.05, 0) is 36.8 Å². The van der Waals surface area contributed by atoms with Crippen LogP contribution in [0.3, 0.4) is 0 Å². The number of benzene rings is 1. The van der Waals surface area contributed by atoms with Crippen molar-refractivity contribution in [1.29, 1.82) is 0 Å². The highest BCUT2D eigenvalue weighted by Crippen LogP contribution is 2.18. The molecule has 2 heterocycles. The number of thiazole rings is 1. The van der Waals surface area contributed by atoms with Crippen molar-refractivity contribution >= 4 is 34.1 Å².